The Labute approximate surface area is 349 Å². The van der Waals surface area contributed by atoms with Gasteiger partial charge in [-0.05, 0) is 26.7 Å². The number of primary amides is 2. The first kappa shape index (κ1) is 55.2. The van der Waals surface area contributed by atoms with Crippen molar-refractivity contribution in [1.29, 1.82) is 0 Å². The quantitative estimate of drug-likeness (QED) is 0.0278. The van der Waals surface area contributed by atoms with E-state index < -0.39 is 104 Å². The number of hydrogen-bond donors (Lipinski definition) is 12. The lowest BCUT2D eigenvalue weighted by Gasteiger charge is -2.33. The minimum atomic E-state index is -1.93. The summed E-state index contributed by atoms with van der Waals surface area (Å²) in [6.07, 6.45) is 10.5. The first-order valence-corrected chi connectivity index (χ1v) is 21.4. The van der Waals surface area contributed by atoms with Gasteiger partial charge in [0.05, 0.1) is 43.8 Å². The fourth-order valence-electron chi connectivity index (χ4n) is 6.35. The number of nitrogens with two attached hydrogens (primary N) is 2. The van der Waals surface area contributed by atoms with Gasteiger partial charge in [0, 0.05) is 12.8 Å². The Morgan fingerprint density at radius 2 is 1.07 bits per heavy atom. The summed E-state index contributed by atoms with van der Waals surface area (Å²) in [6, 6.07) is -7.00. The number of carbonyl (C=O) groups excluding carboxylic acids is 7. The molecule has 8 atom stereocenters. The fraction of sp³-hybridized carbons (Fsp3) is 0.825. The van der Waals surface area contributed by atoms with Gasteiger partial charge in [-0.1, -0.05) is 104 Å². The van der Waals surface area contributed by atoms with Gasteiger partial charge in [-0.15, -0.1) is 0 Å². The number of aliphatic hydroxyl groups excluding tert-OH is 4. The second-order valence-corrected chi connectivity index (χ2v) is 15.4. The zero-order valence-electron chi connectivity index (χ0n) is 35.8. The normalized spacial score (nSPS) is 15.4. The van der Waals surface area contributed by atoms with Crippen LogP contribution in [0.2, 0.25) is 0 Å². The molecule has 0 aromatic rings. The molecule has 0 rings (SSSR count). The molecule has 0 fully saturated rings. The highest BCUT2D eigenvalue weighted by Crippen LogP contribution is 2.13. The Kier molecular flexibility index (Phi) is 30.9. The van der Waals surface area contributed by atoms with E-state index in [2.05, 4.69) is 38.8 Å². The van der Waals surface area contributed by atoms with Crippen molar-refractivity contribution in [2.75, 3.05) is 13.2 Å². The summed E-state index contributed by atoms with van der Waals surface area (Å²) in [5.74, 6) is -5.31. The van der Waals surface area contributed by atoms with Gasteiger partial charge in [0.15, 0.2) is 5.78 Å². The van der Waals surface area contributed by atoms with Gasteiger partial charge in [-0.3, -0.25) is 44.2 Å². The summed E-state index contributed by atoms with van der Waals surface area (Å²) in [5.41, 5.74) is 10.7. The van der Waals surface area contributed by atoms with Crippen LogP contribution in [-0.2, 0) is 33.6 Å². The van der Waals surface area contributed by atoms with Crippen molar-refractivity contribution in [3.63, 3.8) is 0 Å². The van der Waals surface area contributed by atoms with E-state index in [0.717, 1.165) is 25.7 Å². The van der Waals surface area contributed by atoms with Crippen molar-refractivity contribution in [3.8, 4) is 0 Å². The van der Waals surface area contributed by atoms with E-state index in [0.29, 0.717) is 19.3 Å². The molecule has 0 bridgehead atoms. The molecule has 0 aliphatic rings. The molecule has 0 aromatic heterocycles. The zero-order valence-corrected chi connectivity index (χ0v) is 35.8. The third-order valence-electron chi connectivity index (χ3n) is 9.87. The van der Waals surface area contributed by atoms with Crippen molar-refractivity contribution < 1.29 is 54.0 Å². The average molecular weight is 845 g/mol. The molecule has 0 saturated heterocycles. The van der Waals surface area contributed by atoms with Gasteiger partial charge in [0.2, 0.25) is 35.4 Å². The van der Waals surface area contributed by atoms with Crippen molar-refractivity contribution in [3.05, 3.63) is 0 Å². The maximum absolute atomic E-state index is 13.1. The number of rotatable bonds is 37. The molecule has 0 aliphatic carbocycles. The van der Waals surface area contributed by atoms with Crippen LogP contribution in [0.3, 0.4) is 0 Å². The molecule has 19 heteroatoms. The first-order chi connectivity index (χ1) is 28.0. The molecule has 19 nitrogen and oxygen atoms in total. The molecule has 59 heavy (non-hydrogen) atoms. The van der Waals surface area contributed by atoms with Crippen LogP contribution in [0.1, 0.15) is 150 Å². The Morgan fingerprint density at radius 3 is 1.54 bits per heavy atom. The Hall–Kier alpha value is -3.75. The van der Waals surface area contributed by atoms with E-state index in [4.69, 9.17) is 11.5 Å². The first-order valence-electron chi connectivity index (χ1n) is 21.4. The second kappa shape index (κ2) is 33.0. The fourth-order valence-corrected chi connectivity index (χ4v) is 6.35. The number of aliphatic hydroxyl groups is 4. The van der Waals surface area contributed by atoms with Crippen LogP contribution in [0, 0.1) is 0 Å². The van der Waals surface area contributed by atoms with Gasteiger partial charge >= 0.3 is 0 Å². The predicted molar refractivity (Wildman–Crippen MR) is 222 cm³/mol. The number of hydrogen-bond acceptors (Lipinski definition) is 13. The maximum atomic E-state index is 13.1. The largest absolute Gasteiger partial charge is 0.394 e. The average Bonchev–Trinajstić information content (AvgIpc) is 3.17. The predicted octanol–water partition coefficient (Wildman–Crippen LogP) is -0.505. The summed E-state index contributed by atoms with van der Waals surface area (Å²) >= 11 is 0. The van der Waals surface area contributed by atoms with Crippen LogP contribution in [0.15, 0.2) is 0 Å². The topological polar surface area (TPSA) is 325 Å². The summed E-state index contributed by atoms with van der Waals surface area (Å²) in [5, 5.41) is 56.8. The summed E-state index contributed by atoms with van der Waals surface area (Å²) < 4.78 is 0. The van der Waals surface area contributed by atoms with Gasteiger partial charge < -0.3 is 53.2 Å². The van der Waals surface area contributed by atoms with Crippen LogP contribution in [-0.4, -0.2) is 124 Å². The molecule has 0 aliphatic heterocycles. The molecule has 0 saturated carbocycles. The van der Waals surface area contributed by atoms with E-state index in [1.807, 2.05) is 6.92 Å². The molecule has 342 valence electrons. The van der Waals surface area contributed by atoms with E-state index in [-0.39, 0.29) is 18.1 Å². The lowest BCUT2D eigenvalue weighted by atomic mass is 10.0. The van der Waals surface area contributed by atoms with Crippen LogP contribution >= 0.6 is 0 Å². The molecule has 0 spiro atoms. The molecule has 0 aromatic carbocycles. The number of unbranched alkanes of at least 4 members (excludes halogenated alkanes) is 13. The van der Waals surface area contributed by atoms with Gasteiger partial charge in [-0.2, -0.15) is 0 Å². The minimum absolute atomic E-state index is 0.224. The standard InChI is InChI=1S/C40H76N8O11/c1-5-7-9-10-11-12-13-14-15-16-17-18-19-21-34(54)43-24-35(55)44-31(25-49)39(58)47-29(22-32(41)52)37(56)46-30(23-33(42)53)38(57)48-36(27(4)51)40(59)45-28(26(3)50)20-8-6-2/h27-31,36-38,46,48-49,51,56-57H,5-25H2,1-4H3,(H2,41,52)(H2,42,53)(H,43,54)(H,44,55)(H,45,59)(H,47,58)/t27?,28-,29-,30-,31-,36-,37?,38?/m0/s1. The number of nitrogens with one attached hydrogen (secondary N) is 6. The molecule has 0 radical (unpaired) electrons. The third-order valence-corrected chi connectivity index (χ3v) is 9.87. The van der Waals surface area contributed by atoms with Crippen LogP contribution in [0.4, 0.5) is 0 Å². The van der Waals surface area contributed by atoms with Crippen molar-refractivity contribution >= 4 is 41.2 Å². The van der Waals surface area contributed by atoms with E-state index in [1.165, 1.54) is 71.6 Å². The highest BCUT2D eigenvalue weighted by molar-refractivity contribution is 5.91. The lowest BCUT2D eigenvalue weighted by molar-refractivity contribution is -0.132. The third kappa shape index (κ3) is 26.9. The monoisotopic (exact) mass is 845 g/mol. The SMILES string of the molecule is CCCCCCCCCCCCCCCC(=O)NCC(=O)N[C@@H](CO)C(=O)N[C@@H](CC(N)=O)C(O)N[C@@H](CC(N)=O)C(O)N[C@H](C(=O)N[C@@H](CCCC)C(C)=O)C(C)O. The van der Waals surface area contributed by atoms with Crippen molar-refractivity contribution in [2.45, 2.75) is 198 Å². The number of Topliss-reactive ketones (excluding diaryl/α,β-unsaturated/α-hetero) is 1. The summed E-state index contributed by atoms with van der Waals surface area (Å²) in [4.78, 5) is 86.9. The number of ketones is 1. The number of carbonyl (C=O) groups is 7. The van der Waals surface area contributed by atoms with E-state index in [9.17, 15) is 54.0 Å². The van der Waals surface area contributed by atoms with Gasteiger partial charge in [-0.25, -0.2) is 0 Å². The molecular weight excluding hydrogens is 768 g/mol. The Morgan fingerprint density at radius 1 is 0.576 bits per heavy atom. The Balaban J connectivity index is 5.19. The van der Waals surface area contributed by atoms with Crippen molar-refractivity contribution in [2.24, 2.45) is 11.5 Å². The molecule has 14 N–H and O–H groups in total. The lowest BCUT2D eigenvalue weighted by Crippen LogP contribution is -2.64. The highest BCUT2D eigenvalue weighted by atomic mass is 16.3. The zero-order chi connectivity index (χ0) is 44.8. The Bertz CT molecular complexity index is 1260. The van der Waals surface area contributed by atoms with E-state index >= 15 is 0 Å². The van der Waals surface area contributed by atoms with Gasteiger partial charge in [0.25, 0.3) is 0 Å². The van der Waals surface area contributed by atoms with Crippen LogP contribution in [0.25, 0.3) is 0 Å². The second-order valence-electron chi connectivity index (χ2n) is 15.4. The molecule has 0 heterocycles. The van der Waals surface area contributed by atoms with Crippen LogP contribution in [0.5, 0.6) is 0 Å². The molecule has 3 unspecified atom stereocenters. The summed E-state index contributed by atoms with van der Waals surface area (Å²) in [7, 11) is 0. The summed E-state index contributed by atoms with van der Waals surface area (Å²) in [6.45, 7) is 5.28. The van der Waals surface area contributed by atoms with Crippen LogP contribution < -0.4 is 43.4 Å². The molecular formula is C40H76N8O11. The molecule has 6 amide bonds. The minimum Gasteiger partial charge on any atom is -0.394 e. The number of amides is 6. The maximum Gasteiger partial charge on any atom is 0.245 e. The smallest absolute Gasteiger partial charge is 0.245 e. The van der Waals surface area contributed by atoms with E-state index in [1.54, 1.807) is 0 Å². The van der Waals surface area contributed by atoms with Gasteiger partial charge in [0.1, 0.15) is 24.5 Å². The van der Waals surface area contributed by atoms with Crippen molar-refractivity contribution in [1.82, 2.24) is 31.9 Å². The highest BCUT2D eigenvalue weighted by Gasteiger charge is 2.35.